The number of hydrogen-bond donors (Lipinski definition) is 0. The molecule has 0 bridgehead atoms. The van der Waals surface area contributed by atoms with Crippen LogP contribution in [-0.4, -0.2) is 25.7 Å². The number of cyclic esters (lactones) is 1. The number of ether oxygens (including phenoxy) is 2. The van der Waals surface area contributed by atoms with Crippen LogP contribution in [0, 0.1) is 11.3 Å². The van der Waals surface area contributed by atoms with Crippen molar-refractivity contribution in [2.45, 2.75) is 25.7 Å². The van der Waals surface area contributed by atoms with Gasteiger partial charge in [-0.3, -0.25) is 4.79 Å². The van der Waals surface area contributed by atoms with Gasteiger partial charge in [-0.1, -0.05) is 24.3 Å². The fraction of sp³-hybridized carbons (Fsp3) is 0.444. The van der Waals surface area contributed by atoms with E-state index in [1.165, 1.54) is 7.11 Å². The van der Waals surface area contributed by atoms with Gasteiger partial charge in [-0.15, -0.1) is 0 Å². The molecule has 1 aromatic carbocycles. The van der Waals surface area contributed by atoms with Crippen LogP contribution in [0.25, 0.3) is 0 Å². The zero-order valence-electron chi connectivity index (χ0n) is 12.8. The highest BCUT2D eigenvalue weighted by Gasteiger charge is 2.55. The average Bonchev–Trinajstić information content (AvgIpc) is 3.00. The third kappa shape index (κ3) is 2.43. The Morgan fingerprint density at radius 1 is 1.41 bits per heavy atom. The predicted molar refractivity (Wildman–Crippen MR) is 81.4 cm³/mol. The van der Waals surface area contributed by atoms with Crippen LogP contribution in [0.1, 0.15) is 35.2 Å². The molecule has 3 rings (SSSR count). The molecule has 2 aliphatic rings. The van der Waals surface area contributed by atoms with Gasteiger partial charge in [-0.05, 0) is 43.4 Å². The number of aryl methyl sites for hydroxylation is 1. The van der Waals surface area contributed by atoms with Crippen LogP contribution in [0.5, 0.6) is 0 Å². The van der Waals surface area contributed by atoms with E-state index in [1.54, 1.807) is 12.1 Å². The molecule has 1 aliphatic carbocycles. The number of rotatable bonds is 4. The number of hydrogen-bond acceptors (Lipinski definition) is 4. The minimum atomic E-state index is -0.377. The first-order chi connectivity index (χ1) is 10.5. The minimum Gasteiger partial charge on any atom is -0.465 e. The van der Waals surface area contributed by atoms with Gasteiger partial charge in [-0.2, -0.15) is 0 Å². The van der Waals surface area contributed by atoms with Crippen molar-refractivity contribution in [1.82, 2.24) is 0 Å². The first kappa shape index (κ1) is 14.8. The molecule has 0 spiro atoms. The van der Waals surface area contributed by atoms with E-state index in [9.17, 15) is 9.59 Å². The van der Waals surface area contributed by atoms with Gasteiger partial charge in [-0.25, -0.2) is 4.79 Å². The first-order valence-corrected chi connectivity index (χ1v) is 7.56. The number of methoxy groups -OCH3 is 1. The monoisotopic (exact) mass is 300 g/mol. The third-order valence-electron chi connectivity index (χ3n) is 4.94. The zero-order valence-corrected chi connectivity index (χ0v) is 12.8. The SMILES string of the molecule is C=C1C[C@@H]2COC(=O)[C@]2(CCc2ccc(C(=O)OC)cc2)C1. The molecular formula is C18H20O4. The molecule has 1 aliphatic heterocycles. The average molecular weight is 300 g/mol. The van der Waals surface area contributed by atoms with Gasteiger partial charge in [0, 0.05) is 5.92 Å². The Morgan fingerprint density at radius 2 is 2.14 bits per heavy atom. The number of benzene rings is 1. The maximum atomic E-state index is 12.2. The molecule has 1 heterocycles. The van der Waals surface area contributed by atoms with E-state index in [0.29, 0.717) is 12.2 Å². The zero-order chi connectivity index (χ0) is 15.7. The second-order valence-electron chi connectivity index (χ2n) is 6.27. The van der Waals surface area contributed by atoms with Crippen molar-refractivity contribution >= 4 is 11.9 Å². The van der Waals surface area contributed by atoms with Crippen molar-refractivity contribution in [2.75, 3.05) is 13.7 Å². The van der Waals surface area contributed by atoms with Gasteiger partial charge in [0.25, 0.3) is 0 Å². The lowest BCUT2D eigenvalue weighted by Gasteiger charge is -2.23. The Labute approximate surface area is 130 Å². The number of carbonyl (C=O) groups excluding carboxylic acids is 2. The van der Waals surface area contributed by atoms with Crippen molar-refractivity contribution in [3.63, 3.8) is 0 Å². The van der Waals surface area contributed by atoms with Crippen molar-refractivity contribution < 1.29 is 19.1 Å². The number of esters is 2. The summed E-state index contributed by atoms with van der Waals surface area (Å²) < 4.78 is 9.97. The summed E-state index contributed by atoms with van der Waals surface area (Å²) in [4.78, 5) is 23.6. The summed E-state index contributed by atoms with van der Waals surface area (Å²) in [5, 5.41) is 0. The number of allylic oxidation sites excluding steroid dienone is 1. The molecule has 2 atom stereocenters. The van der Waals surface area contributed by atoms with Gasteiger partial charge in [0.2, 0.25) is 0 Å². The van der Waals surface area contributed by atoms with E-state index in [-0.39, 0.29) is 23.3 Å². The lowest BCUT2D eigenvalue weighted by molar-refractivity contribution is -0.146. The van der Waals surface area contributed by atoms with Crippen LogP contribution >= 0.6 is 0 Å². The second kappa shape index (κ2) is 5.59. The van der Waals surface area contributed by atoms with Gasteiger partial charge >= 0.3 is 11.9 Å². The van der Waals surface area contributed by atoms with Crippen LogP contribution in [0.4, 0.5) is 0 Å². The van der Waals surface area contributed by atoms with Gasteiger partial charge in [0.15, 0.2) is 0 Å². The molecule has 0 amide bonds. The molecule has 1 saturated heterocycles. The van der Waals surface area contributed by atoms with Gasteiger partial charge < -0.3 is 9.47 Å². The highest BCUT2D eigenvalue weighted by Crippen LogP contribution is 2.53. The largest absolute Gasteiger partial charge is 0.465 e. The highest BCUT2D eigenvalue weighted by atomic mass is 16.5. The molecule has 1 aromatic rings. The molecule has 22 heavy (non-hydrogen) atoms. The lowest BCUT2D eigenvalue weighted by Crippen LogP contribution is -2.29. The van der Waals surface area contributed by atoms with Crippen LogP contribution in [0.15, 0.2) is 36.4 Å². The van der Waals surface area contributed by atoms with Crippen molar-refractivity contribution in [1.29, 1.82) is 0 Å². The van der Waals surface area contributed by atoms with Crippen LogP contribution < -0.4 is 0 Å². The minimum absolute atomic E-state index is 0.0673. The van der Waals surface area contributed by atoms with Crippen molar-refractivity contribution in [2.24, 2.45) is 11.3 Å². The molecule has 2 fully saturated rings. The molecule has 0 N–H and O–H groups in total. The summed E-state index contributed by atoms with van der Waals surface area (Å²) in [5.74, 6) is -0.124. The molecule has 0 unspecified atom stereocenters. The fourth-order valence-electron chi connectivity index (χ4n) is 3.67. The summed E-state index contributed by atoms with van der Waals surface area (Å²) in [6, 6.07) is 7.36. The van der Waals surface area contributed by atoms with E-state index in [0.717, 1.165) is 36.8 Å². The Morgan fingerprint density at radius 3 is 2.82 bits per heavy atom. The maximum Gasteiger partial charge on any atom is 0.337 e. The molecule has 0 radical (unpaired) electrons. The number of carbonyl (C=O) groups is 2. The summed E-state index contributed by atoms with van der Waals surface area (Å²) in [7, 11) is 1.37. The molecule has 116 valence electrons. The second-order valence-corrected chi connectivity index (χ2v) is 6.27. The van der Waals surface area contributed by atoms with Gasteiger partial charge in [0.1, 0.15) is 0 Å². The van der Waals surface area contributed by atoms with Gasteiger partial charge in [0.05, 0.1) is 24.7 Å². The highest BCUT2D eigenvalue weighted by molar-refractivity contribution is 5.89. The van der Waals surface area contributed by atoms with Crippen LogP contribution in [0.2, 0.25) is 0 Å². The maximum absolute atomic E-state index is 12.2. The molecule has 1 saturated carbocycles. The molecule has 0 aromatic heterocycles. The van der Waals surface area contributed by atoms with E-state index in [4.69, 9.17) is 4.74 Å². The van der Waals surface area contributed by atoms with E-state index >= 15 is 0 Å². The number of fused-ring (bicyclic) bond motifs is 1. The quantitative estimate of drug-likeness (QED) is 0.634. The Hall–Kier alpha value is -2.10. The fourth-order valence-corrected chi connectivity index (χ4v) is 3.67. The summed E-state index contributed by atoms with van der Waals surface area (Å²) in [6.45, 7) is 4.58. The van der Waals surface area contributed by atoms with E-state index in [2.05, 4.69) is 11.3 Å². The van der Waals surface area contributed by atoms with E-state index in [1.807, 2.05) is 12.1 Å². The van der Waals surface area contributed by atoms with Crippen molar-refractivity contribution in [3.05, 3.63) is 47.5 Å². The lowest BCUT2D eigenvalue weighted by atomic mass is 9.75. The smallest absolute Gasteiger partial charge is 0.337 e. The molecule has 4 heteroatoms. The molecule has 4 nitrogen and oxygen atoms in total. The summed E-state index contributed by atoms with van der Waals surface area (Å²) >= 11 is 0. The third-order valence-corrected chi connectivity index (χ3v) is 4.94. The Bertz CT molecular complexity index is 616. The summed E-state index contributed by atoms with van der Waals surface area (Å²) in [6.07, 6.45) is 3.21. The predicted octanol–water partition coefficient (Wildman–Crippen LogP) is 2.92. The van der Waals surface area contributed by atoms with E-state index < -0.39 is 0 Å². The van der Waals surface area contributed by atoms with Crippen molar-refractivity contribution in [3.8, 4) is 0 Å². The molecular weight excluding hydrogens is 280 g/mol. The van der Waals surface area contributed by atoms with Crippen LogP contribution in [0.3, 0.4) is 0 Å². The topological polar surface area (TPSA) is 52.6 Å². The normalized spacial score (nSPS) is 26.7. The standard InChI is InChI=1S/C18H20O4/c1-12-9-15-11-22-17(20)18(15,10-12)8-7-13-3-5-14(6-4-13)16(19)21-2/h3-6,15H,1,7-11H2,2H3/t15-,18-/m1/s1. The van der Waals surface area contributed by atoms with Crippen LogP contribution in [-0.2, 0) is 20.7 Å². The summed E-state index contributed by atoms with van der Waals surface area (Å²) in [5.41, 5.74) is 2.43. The Kier molecular flexibility index (Phi) is 3.77. The first-order valence-electron chi connectivity index (χ1n) is 7.56. The Balaban J connectivity index is 1.70.